The normalized spacial score (nSPS) is 19.1. The smallest absolute Gasteiger partial charge is 0.238 e. The Morgan fingerprint density at radius 2 is 1.88 bits per heavy atom. The van der Waals surface area contributed by atoms with Gasteiger partial charge in [-0.2, -0.15) is 0 Å². The van der Waals surface area contributed by atoms with E-state index in [-0.39, 0.29) is 0 Å². The summed E-state index contributed by atoms with van der Waals surface area (Å²) in [6.07, 6.45) is 7.53. The lowest BCUT2D eigenvalue weighted by Gasteiger charge is -2.32. The third-order valence-electron chi connectivity index (χ3n) is 6.22. The van der Waals surface area contributed by atoms with Crippen LogP contribution < -0.4 is 14.4 Å². The number of likely N-dealkylation sites (tertiary alicyclic amines) is 1. The van der Waals surface area contributed by atoms with E-state index in [1.807, 2.05) is 42.7 Å². The van der Waals surface area contributed by atoms with E-state index < -0.39 is 0 Å². The van der Waals surface area contributed by atoms with Crippen molar-refractivity contribution in [1.29, 1.82) is 0 Å². The molecule has 2 aliphatic rings. The van der Waals surface area contributed by atoms with Gasteiger partial charge in [-0.25, -0.2) is 15.0 Å². The fourth-order valence-corrected chi connectivity index (χ4v) is 4.48. The first kappa shape index (κ1) is 22.5. The molecule has 0 spiro atoms. The molecular weight excluding hydrogens is 432 g/mol. The van der Waals surface area contributed by atoms with E-state index >= 15 is 0 Å². The van der Waals surface area contributed by atoms with Crippen LogP contribution in [0, 0.1) is 0 Å². The van der Waals surface area contributed by atoms with Gasteiger partial charge in [-0.05, 0) is 37.6 Å². The van der Waals surface area contributed by atoms with Gasteiger partial charge in [-0.1, -0.05) is 12.1 Å². The maximum atomic E-state index is 5.98. The summed E-state index contributed by atoms with van der Waals surface area (Å²) in [5.41, 5.74) is 1.99. The number of methoxy groups -OCH3 is 1. The Morgan fingerprint density at radius 3 is 2.74 bits per heavy atom. The van der Waals surface area contributed by atoms with E-state index in [1.165, 1.54) is 0 Å². The summed E-state index contributed by atoms with van der Waals surface area (Å²) in [5, 5.41) is 0. The molecule has 0 N–H and O–H groups in total. The fraction of sp³-hybridized carbons (Fsp3) is 0.440. The summed E-state index contributed by atoms with van der Waals surface area (Å²) in [7, 11) is 1.63. The second kappa shape index (κ2) is 10.8. The van der Waals surface area contributed by atoms with Crippen molar-refractivity contribution >= 4 is 5.95 Å². The molecule has 34 heavy (non-hydrogen) atoms. The topological polar surface area (TPSA) is 85.7 Å². The van der Waals surface area contributed by atoms with Crippen LogP contribution in [-0.2, 0) is 11.3 Å². The minimum absolute atomic E-state index is 0.294. The Labute approximate surface area is 199 Å². The predicted molar refractivity (Wildman–Crippen MR) is 127 cm³/mol. The molecule has 1 aromatic carbocycles. The van der Waals surface area contributed by atoms with Crippen LogP contribution in [0.4, 0.5) is 5.95 Å². The maximum absolute atomic E-state index is 5.98. The third-order valence-corrected chi connectivity index (χ3v) is 6.22. The maximum Gasteiger partial charge on any atom is 0.238 e. The zero-order valence-electron chi connectivity index (χ0n) is 19.5. The van der Waals surface area contributed by atoms with Crippen LogP contribution in [0.5, 0.6) is 17.4 Å². The first-order chi connectivity index (χ1) is 16.8. The highest BCUT2D eigenvalue weighted by atomic mass is 16.5. The van der Waals surface area contributed by atoms with Gasteiger partial charge >= 0.3 is 0 Å². The number of benzene rings is 1. The predicted octanol–water partition coefficient (Wildman–Crippen LogP) is 3.28. The average molecular weight is 463 g/mol. The number of nitrogens with zero attached hydrogens (tertiary/aromatic N) is 6. The highest BCUT2D eigenvalue weighted by Crippen LogP contribution is 2.31. The minimum atomic E-state index is 0.294. The van der Waals surface area contributed by atoms with E-state index in [4.69, 9.17) is 24.2 Å². The monoisotopic (exact) mass is 462 g/mol. The summed E-state index contributed by atoms with van der Waals surface area (Å²) >= 11 is 0. The standard InChI is InChI=1S/C25H30N6O3/c1-32-22-6-2-3-7-23(22)34-24-16-26-15-21(29-24)19-5-4-10-30(17-19)18-20-8-9-27-25(28-20)31-11-13-33-14-12-31/h2-3,6-9,15-16,19H,4-5,10-14,17-18H2,1H3/t19-/m1/s1. The number of hydrogen-bond acceptors (Lipinski definition) is 9. The fourth-order valence-electron chi connectivity index (χ4n) is 4.48. The summed E-state index contributed by atoms with van der Waals surface area (Å²) in [4.78, 5) is 23.1. The van der Waals surface area contributed by atoms with Crippen molar-refractivity contribution in [2.24, 2.45) is 0 Å². The van der Waals surface area contributed by atoms with Crippen molar-refractivity contribution in [3.63, 3.8) is 0 Å². The third kappa shape index (κ3) is 5.43. The van der Waals surface area contributed by atoms with Crippen molar-refractivity contribution in [3.05, 3.63) is 60.3 Å². The molecule has 0 saturated carbocycles. The van der Waals surface area contributed by atoms with Crippen molar-refractivity contribution in [2.45, 2.75) is 25.3 Å². The molecule has 3 aromatic rings. The highest BCUT2D eigenvalue weighted by Gasteiger charge is 2.24. The Hall–Kier alpha value is -3.30. The molecular formula is C25H30N6O3. The Balaban J connectivity index is 1.25. The molecule has 9 heteroatoms. The zero-order valence-corrected chi connectivity index (χ0v) is 19.5. The van der Waals surface area contributed by atoms with Crippen LogP contribution in [-0.4, -0.2) is 71.3 Å². The lowest BCUT2D eigenvalue weighted by atomic mass is 9.95. The molecule has 0 unspecified atom stereocenters. The van der Waals surface area contributed by atoms with Crippen LogP contribution in [0.2, 0.25) is 0 Å². The van der Waals surface area contributed by atoms with Gasteiger partial charge < -0.3 is 19.1 Å². The summed E-state index contributed by atoms with van der Waals surface area (Å²) in [6, 6.07) is 9.55. The molecule has 2 aliphatic heterocycles. The molecule has 0 bridgehead atoms. The number of para-hydroxylation sites is 2. The quantitative estimate of drug-likeness (QED) is 0.525. The Bertz CT molecular complexity index is 1090. The average Bonchev–Trinajstić information content (AvgIpc) is 2.90. The molecule has 9 nitrogen and oxygen atoms in total. The summed E-state index contributed by atoms with van der Waals surface area (Å²) in [5.74, 6) is 2.86. The molecule has 2 fully saturated rings. The van der Waals surface area contributed by atoms with Gasteiger partial charge in [0.2, 0.25) is 11.8 Å². The van der Waals surface area contributed by atoms with E-state index in [0.717, 1.165) is 76.1 Å². The van der Waals surface area contributed by atoms with Crippen molar-refractivity contribution in [3.8, 4) is 17.4 Å². The van der Waals surface area contributed by atoms with Gasteiger partial charge in [-0.3, -0.25) is 9.88 Å². The summed E-state index contributed by atoms with van der Waals surface area (Å²) in [6.45, 7) is 5.86. The second-order valence-electron chi connectivity index (χ2n) is 8.56. The van der Waals surface area contributed by atoms with Crippen LogP contribution in [0.25, 0.3) is 0 Å². The molecule has 178 valence electrons. The van der Waals surface area contributed by atoms with Crippen LogP contribution in [0.15, 0.2) is 48.9 Å². The number of rotatable bonds is 7. The first-order valence-electron chi connectivity index (χ1n) is 11.8. The molecule has 5 rings (SSSR count). The second-order valence-corrected chi connectivity index (χ2v) is 8.56. The van der Waals surface area contributed by atoms with Crippen LogP contribution >= 0.6 is 0 Å². The highest BCUT2D eigenvalue weighted by molar-refractivity contribution is 5.41. The number of aromatic nitrogens is 4. The number of morpholine rings is 1. The van der Waals surface area contributed by atoms with Crippen molar-refractivity contribution in [2.75, 3.05) is 51.4 Å². The van der Waals surface area contributed by atoms with Gasteiger partial charge in [0.05, 0.1) is 37.9 Å². The number of piperidine rings is 1. The lowest BCUT2D eigenvalue weighted by Crippen LogP contribution is -2.38. The molecule has 2 aromatic heterocycles. The molecule has 0 amide bonds. The minimum Gasteiger partial charge on any atom is -0.493 e. The van der Waals surface area contributed by atoms with Gasteiger partial charge in [0, 0.05) is 44.5 Å². The van der Waals surface area contributed by atoms with Gasteiger partial charge in [0.25, 0.3) is 0 Å². The van der Waals surface area contributed by atoms with E-state index in [0.29, 0.717) is 23.3 Å². The summed E-state index contributed by atoms with van der Waals surface area (Å²) < 4.78 is 16.8. The molecule has 4 heterocycles. The van der Waals surface area contributed by atoms with Gasteiger partial charge in [-0.15, -0.1) is 0 Å². The lowest BCUT2D eigenvalue weighted by molar-refractivity contribution is 0.122. The largest absolute Gasteiger partial charge is 0.493 e. The van der Waals surface area contributed by atoms with Gasteiger partial charge in [0.1, 0.15) is 0 Å². The van der Waals surface area contributed by atoms with E-state index in [9.17, 15) is 0 Å². The van der Waals surface area contributed by atoms with Gasteiger partial charge in [0.15, 0.2) is 11.5 Å². The first-order valence-corrected chi connectivity index (χ1v) is 11.8. The van der Waals surface area contributed by atoms with Crippen LogP contribution in [0.3, 0.4) is 0 Å². The SMILES string of the molecule is COc1ccccc1Oc1cncc([C@@H]2CCCN(Cc3ccnc(N4CCOCC4)n3)C2)n1. The van der Waals surface area contributed by atoms with Crippen molar-refractivity contribution in [1.82, 2.24) is 24.8 Å². The Morgan fingerprint density at radius 1 is 1.03 bits per heavy atom. The van der Waals surface area contributed by atoms with E-state index in [2.05, 4.69) is 19.8 Å². The molecule has 2 saturated heterocycles. The molecule has 0 radical (unpaired) electrons. The Kier molecular flexibility index (Phi) is 7.11. The molecule has 0 aliphatic carbocycles. The number of hydrogen-bond donors (Lipinski definition) is 0. The molecule has 1 atom stereocenters. The number of anilines is 1. The number of ether oxygens (including phenoxy) is 3. The van der Waals surface area contributed by atoms with E-state index in [1.54, 1.807) is 13.3 Å². The zero-order chi connectivity index (χ0) is 23.2. The van der Waals surface area contributed by atoms with Crippen LogP contribution in [0.1, 0.15) is 30.1 Å². The van der Waals surface area contributed by atoms with Crippen molar-refractivity contribution < 1.29 is 14.2 Å².